The molecule has 4 aromatic heterocycles. The number of fused-ring (bicyclic) bond motifs is 6. The first-order chi connectivity index (χ1) is 38.9. The number of allylic oxidation sites excluding steroid dienone is 2. The molecule has 2 aliphatic rings. The zero-order chi connectivity index (χ0) is 62.1. The van der Waals surface area contributed by atoms with Crippen molar-refractivity contribution in [2.75, 3.05) is 18.6 Å². The molecule has 2 aliphatic heterocycles. The van der Waals surface area contributed by atoms with Crippen LogP contribution in [-0.2, 0) is 43.6 Å². The van der Waals surface area contributed by atoms with Gasteiger partial charge in [0.2, 0.25) is 11.9 Å². The lowest BCUT2D eigenvalue weighted by Crippen LogP contribution is -2.19. The summed E-state index contributed by atoms with van der Waals surface area (Å²) in [5.74, 6) is 5.13. The molecule has 0 saturated heterocycles. The van der Waals surface area contributed by atoms with Crippen LogP contribution in [0.4, 0.5) is 11.9 Å². The van der Waals surface area contributed by atoms with Gasteiger partial charge in [0.05, 0.1) is 11.6 Å². The van der Waals surface area contributed by atoms with E-state index in [4.69, 9.17) is 34.7 Å². The molecule has 0 aliphatic carbocycles. The highest BCUT2D eigenvalue weighted by molar-refractivity contribution is 7.58. The highest BCUT2D eigenvalue weighted by atomic mass is 31.2. The first kappa shape index (κ1) is 62.3. The SMILES string of the molecule is C/C(=C\P1(=O)Oc2c(cc(C)cc2C(C)(C)C)Cc2cc(C)cc(C(C)(C)C)c2O1)n1cnc2c(=O)[nH]c(N)nc21.C/C(=C\P1(=O)Oc2c(cc(C)cc2C(C)(C)C)Cc2cc(C)cc(C(C)(C)C)c2O1)n1cnc2c(=O)[nH]c(N)nc21.CO. The number of anilines is 2. The molecule has 8 aromatic rings. The molecule has 19 nitrogen and oxygen atoms in total. The number of aliphatic hydroxyl groups is 1. The number of aliphatic hydroxyl groups excluding tert-OH is 1. The molecule has 0 atom stereocenters. The van der Waals surface area contributed by atoms with Gasteiger partial charge in [0, 0.05) is 53.6 Å². The number of aromatic amines is 2. The van der Waals surface area contributed by atoms with Gasteiger partial charge in [-0.1, -0.05) is 154 Å². The van der Waals surface area contributed by atoms with Crippen LogP contribution in [0.15, 0.2) is 82.4 Å². The second-order valence-corrected chi connectivity index (χ2v) is 29.4. The van der Waals surface area contributed by atoms with E-state index < -0.39 is 26.3 Å². The van der Waals surface area contributed by atoms with Gasteiger partial charge in [-0.15, -0.1) is 0 Å². The van der Waals surface area contributed by atoms with Gasteiger partial charge < -0.3 is 34.7 Å². The molecule has 0 spiro atoms. The number of nitrogens with one attached hydrogen (secondary N) is 2. The van der Waals surface area contributed by atoms with Crippen LogP contribution in [0.25, 0.3) is 33.7 Å². The quantitative estimate of drug-likeness (QED) is 0.103. The van der Waals surface area contributed by atoms with Gasteiger partial charge in [0.15, 0.2) is 22.3 Å². The number of imidazole rings is 2. The third kappa shape index (κ3) is 12.8. The molecule has 0 amide bonds. The summed E-state index contributed by atoms with van der Waals surface area (Å²) in [5.41, 5.74) is 23.2. The van der Waals surface area contributed by atoms with E-state index in [1.807, 2.05) is 0 Å². The number of benzene rings is 4. The topological polar surface area (TPSA) is 270 Å². The van der Waals surface area contributed by atoms with E-state index in [0.717, 1.165) is 73.9 Å². The van der Waals surface area contributed by atoms with Crippen LogP contribution in [0.2, 0.25) is 0 Å². The predicted octanol–water partition coefficient (Wildman–Crippen LogP) is 13.6. The molecular formula is C63H80N10O9P2. The van der Waals surface area contributed by atoms with Crippen LogP contribution in [0.3, 0.4) is 0 Å². The maximum atomic E-state index is 15.0. The van der Waals surface area contributed by atoms with Crippen molar-refractivity contribution in [1.29, 1.82) is 0 Å². The van der Waals surface area contributed by atoms with Crippen molar-refractivity contribution >= 4 is 60.8 Å². The lowest BCUT2D eigenvalue weighted by Gasteiger charge is -2.32. The predicted molar refractivity (Wildman–Crippen MR) is 336 cm³/mol. The summed E-state index contributed by atoms with van der Waals surface area (Å²) in [5, 5.41) is 7.00. The summed E-state index contributed by atoms with van der Waals surface area (Å²) in [6.07, 6.45) is 4.04. The highest BCUT2D eigenvalue weighted by Gasteiger charge is 2.39. The molecule has 21 heteroatoms. The zero-order valence-electron chi connectivity index (χ0n) is 51.8. The van der Waals surface area contributed by atoms with E-state index in [1.165, 1.54) is 24.3 Å². The molecule has 446 valence electrons. The van der Waals surface area contributed by atoms with Crippen LogP contribution in [0.1, 0.15) is 164 Å². The van der Waals surface area contributed by atoms with Gasteiger partial charge in [0.25, 0.3) is 11.1 Å². The Morgan fingerprint density at radius 2 is 0.750 bits per heavy atom. The van der Waals surface area contributed by atoms with E-state index in [1.54, 1.807) is 23.0 Å². The van der Waals surface area contributed by atoms with Gasteiger partial charge in [0.1, 0.15) is 35.7 Å². The van der Waals surface area contributed by atoms with Crippen LogP contribution in [0, 0.1) is 27.7 Å². The van der Waals surface area contributed by atoms with Gasteiger partial charge >= 0.3 is 15.2 Å². The Morgan fingerprint density at radius 3 is 0.988 bits per heavy atom. The Bertz CT molecular complexity index is 3790. The molecule has 6 heterocycles. The monoisotopic (exact) mass is 1180 g/mol. The number of hydrogen-bond donors (Lipinski definition) is 5. The summed E-state index contributed by atoms with van der Waals surface area (Å²) >= 11 is 0. The summed E-state index contributed by atoms with van der Waals surface area (Å²) in [4.78, 5) is 46.6. The largest absolute Gasteiger partial charge is 0.457 e. The Balaban J connectivity index is 0.000000213. The minimum absolute atomic E-state index is 0.0413. The van der Waals surface area contributed by atoms with E-state index in [0.29, 0.717) is 47.2 Å². The van der Waals surface area contributed by atoms with Crippen LogP contribution < -0.4 is 40.7 Å². The van der Waals surface area contributed by atoms with Crippen molar-refractivity contribution in [3.05, 3.63) is 160 Å². The van der Waals surface area contributed by atoms with Crippen molar-refractivity contribution in [2.24, 2.45) is 0 Å². The lowest BCUT2D eigenvalue weighted by atomic mass is 9.81. The van der Waals surface area contributed by atoms with Crippen molar-refractivity contribution < 1.29 is 32.3 Å². The minimum Gasteiger partial charge on any atom is -0.413 e. The van der Waals surface area contributed by atoms with Crippen molar-refractivity contribution in [3.63, 3.8) is 0 Å². The van der Waals surface area contributed by atoms with Crippen molar-refractivity contribution in [1.82, 2.24) is 39.0 Å². The van der Waals surface area contributed by atoms with Gasteiger partial charge in [-0.3, -0.25) is 28.7 Å². The molecule has 0 fully saturated rings. The number of hydrogen-bond acceptors (Lipinski definition) is 15. The van der Waals surface area contributed by atoms with Gasteiger partial charge in [-0.2, -0.15) is 9.97 Å². The van der Waals surface area contributed by atoms with E-state index in [9.17, 15) is 18.7 Å². The number of aryl methyl sites for hydroxylation is 4. The lowest BCUT2D eigenvalue weighted by molar-refractivity contribution is 0.377. The fraction of sp³-hybridized carbons (Fsp3) is 0.397. The second-order valence-electron chi connectivity index (χ2n) is 26.0. The van der Waals surface area contributed by atoms with E-state index >= 15 is 0 Å². The molecule has 0 saturated carbocycles. The smallest absolute Gasteiger partial charge is 0.413 e. The fourth-order valence-corrected chi connectivity index (χ4v) is 13.9. The maximum Gasteiger partial charge on any atom is 0.457 e. The van der Waals surface area contributed by atoms with Crippen LogP contribution in [0.5, 0.6) is 23.0 Å². The maximum absolute atomic E-state index is 15.0. The Kier molecular flexibility index (Phi) is 16.6. The number of nitrogens with zero attached hydrogens (tertiary/aromatic N) is 6. The highest BCUT2D eigenvalue weighted by Crippen LogP contribution is 2.60. The van der Waals surface area contributed by atoms with E-state index in [-0.39, 0.29) is 55.9 Å². The van der Waals surface area contributed by atoms with Gasteiger partial charge in [-0.25, -0.2) is 19.1 Å². The molecule has 0 unspecified atom stereocenters. The minimum atomic E-state index is -4.03. The number of nitrogens with two attached hydrogens (primary N) is 2. The van der Waals surface area contributed by atoms with Crippen LogP contribution >= 0.6 is 15.2 Å². The molecule has 0 bridgehead atoms. The molecule has 7 N–H and O–H groups in total. The number of H-pyrrole nitrogens is 2. The summed E-state index contributed by atoms with van der Waals surface area (Å²) in [6, 6.07) is 16.7. The number of nitrogen functional groups attached to an aromatic ring is 2. The van der Waals surface area contributed by atoms with Crippen molar-refractivity contribution in [2.45, 2.75) is 159 Å². The molecule has 84 heavy (non-hydrogen) atoms. The average Bonchev–Trinajstić information content (AvgIpc) is 4.11. The third-order valence-corrected chi connectivity index (χ3v) is 17.5. The normalized spacial score (nSPS) is 15.1. The molecule has 4 aromatic carbocycles. The molecule has 0 radical (unpaired) electrons. The summed E-state index contributed by atoms with van der Waals surface area (Å²) in [7, 11) is -7.05. The van der Waals surface area contributed by atoms with Crippen LogP contribution in [-0.4, -0.2) is 51.3 Å². The number of rotatable bonds is 4. The summed E-state index contributed by atoms with van der Waals surface area (Å²) < 4.78 is 59.2. The molecular weight excluding hydrogens is 1100 g/mol. The summed E-state index contributed by atoms with van der Waals surface area (Å²) in [6.45, 7) is 37.1. The van der Waals surface area contributed by atoms with E-state index in [2.05, 4.69) is 189 Å². The zero-order valence-corrected chi connectivity index (χ0v) is 53.6. The molecule has 10 rings (SSSR count). The first-order valence-corrected chi connectivity index (χ1v) is 31.0. The Hall–Kier alpha value is -7.72. The second kappa shape index (κ2) is 22.4. The fourth-order valence-electron chi connectivity index (χ4n) is 10.6. The Morgan fingerprint density at radius 1 is 0.500 bits per heavy atom. The van der Waals surface area contributed by atoms with Gasteiger partial charge in [-0.05, 0) is 85.5 Å². The number of aromatic nitrogens is 8. The third-order valence-electron chi connectivity index (χ3n) is 14.4. The standard InChI is InChI=1S/2C31H38N5O4P.CH4O/c2*1-17-10-20-14-21-11-18(2)13-23(31(7,8)9)26(21)40-41(38,39-25(20)22(12-17)30(4,5)6)15-19(3)36-16-33-24-27(36)34-29(32)35-28(24)37;1-2/h2*10-13,15-16H,14H2,1-9H3,(H3,32,34,35,37);2H,1H3/b2*19-15+;. The Labute approximate surface area is 491 Å². The average molecular weight is 1180 g/mol. The first-order valence-electron chi connectivity index (χ1n) is 27.7. The van der Waals surface area contributed by atoms with Crippen molar-refractivity contribution in [3.8, 4) is 23.0 Å².